The molecule has 1 nitrogen and oxygen atoms in total. The second-order valence-electron chi connectivity index (χ2n) is 3.98. The van der Waals surface area contributed by atoms with E-state index in [1.807, 2.05) is 29.6 Å². The fraction of sp³-hybridized carbons (Fsp3) is 0. The number of carbonyl (C=O) groups excluding carboxylic acids is 1. The van der Waals surface area contributed by atoms with Crippen LogP contribution in [0.4, 0.5) is 4.39 Å². The van der Waals surface area contributed by atoms with Crippen LogP contribution in [0.2, 0.25) is 0 Å². The smallest absolute Gasteiger partial charge is 0.194 e. The Morgan fingerprint density at radius 2 is 1.72 bits per heavy atom. The molecule has 1 aromatic heterocycles. The molecule has 0 amide bonds. The number of hydrogen-bond donors (Lipinski definition) is 0. The second kappa shape index (κ2) is 4.35. The maximum atomic E-state index is 12.8. The van der Waals surface area contributed by atoms with Gasteiger partial charge in [0.2, 0.25) is 0 Å². The molecule has 0 fully saturated rings. The van der Waals surface area contributed by atoms with E-state index in [1.54, 1.807) is 11.3 Å². The summed E-state index contributed by atoms with van der Waals surface area (Å²) in [5.41, 5.74) is 1.20. The maximum Gasteiger partial charge on any atom is 0.194 e. The van der Waals surface area contributed by atoms with Crippen LogP contribution in [0, 0.1) is 5.82 Å². The fourth-order valence-corrected chi connectivity index (χ4v) is 2.85. The zero-order valence-electron chi connectivity index (χ0n) is 9.39. The molecule has 0 aliphatic carbocycles. The molecule has 0 saturated carbocycles. The average molecular weight is 256 g/mol. The van der Waals surface area contributed by atoms with Gasteiger partial charge in [0.05, 0.1) is 0 Å². The number of ketones is 1. The first-order valence-electron chi connectivity index (χ1n) is 5.52. The number of carbonyl (C=O) groups is 1. The van der Waals surface area contributed by atoms with Gasteiger partial charge in [-0.05, 0) is 30.3 Å². The number of benzene rings is 2. The summed E-state index contributed by atoms with van der Waals surface area (Å²) in [6.45, 7) is 0. The lowest BCUT2D eigenvalue weighted by atomic mass is 10.0. The lowest BCUT2D eigenvalue weighted by Crippen LogP contribution is -1.99. The van der Waals surface area contributed by atoms with Crippen LogP contribution >= 0.6 is 11.3 Å². The highest BCUT2D eigenvalue weighted by atomic mass is 32.1. The van der Waals surface area contributed by atoms with Crippen molar-refractivity contribution < 1.29 is 9.18 Å². The molecule has 0 unspecified atom stereocenters. The van der Waals surface area contributed by atoms with E-state index >= 15 is 0 Å². The van der Waals surface area contributed by atoms with E-state index in [0.29, 0.717) is 11.1 Å². The Balaban J connectivity index is 2.09. The molecule has 0 bridgehead atoms. The molecule has 0 aliphatic rings. The Bertz CT molecular complexity index is 713. The lowest BCUT2D eigenvalue weighted by molar-refractivity contribution is 0.104. The van der Waals surface area contributed by atoms with Crippen LogP contribution in [0.15, 0.2) is 53.9 Å². The van der Waals surface area contributed by atoms with Crippen LogP contribution in [0.25, 0.3) is 10.1 Å². The van der Waals surface area contributed by atoms with E-state index in [0.717, 1.165) is 10.1 Å². The molecule has 2 aromatic carbocycles. The van der Waals surface area contributed by atoms with Crippen molar-refractivity contribution in [1.82, 2.24) is 0 Å². The first-order chi connectivity index (χ1) is 8.75. The summed E-state index contributed by atoms with van der Waals surface area (Å²) >= 11 is 1.55. The standard InChI is InChI=1S/C15H9FOS/c16-11-7-5-10(6-8-11)15(17)13-9-18-14-4-2-1-3-12(13)14/h1-9H. The molecule has 0 N–H and O–H groups in total. The monoisotopic (exact) mass is 256 g/mol. The maximum absolute atomic E-state index is 12.8. The molecular formula is C15H9FOS. The molecule has 0 radical (unpaired) electrons. The van der Waals surface area contributed by atoms with Crippen LogP contribution in [-0.4, -0.2) is 5.78 Å². The summed E-state index contributed by atoms with van der Waals surface area (Å²) in [5.74, 6) is -0.394. The number of fused-ring (bicyclic) bond motifs is 1. The minimum Gasteiger partial charge on any atom is -0.289 e. The summed E-state index contributed by atoms with van der Waals surface area (Å²) in [5, 5.41) is 2.81. The molecule has 3 aromatic rings. The number of hydrogen-bond acceptors (Lipinski definition) is 2. The van der Waals surface area contributed by atoms with Crippen molar-refractivity contribution in [3.63, 3.8) is 0 Å². The highest BCUT2D eigenvalue weighted by Crippen LogP contribution is 2.27. The van der Waals surface area contributed by atoms with Crippen molar-refractivity contribution in [2.75, 3.05) is 0 Å². The van der Waals surface area contributed by atoms with Gasteiger partial charge in [0.1, 0.15) is 5.82 Å². The Morgan fingerprint density at radius 1 is 1.00 bits per heavy atom. The Labute approximate surface area is 108 Å². The van der Waals surface area contributed by atoms with Crippen molar-refractivity contribution in [3.8, 4) is 0 Å². The lowest BCUT2D eigenvalue weighted by Gasteiger charge is -1.99. The van der Waals surface area contributed by atoms with Crippen LogP contribution in [-0.2, 0) is 0 Å². The van der Waals surface area contributed by atoms with Gasteiger partial charge in [-0.1, -0.05) is 18.2 Å². The molecule has 3 rings (SSSR count). The van der Waals surface area contributed by atoms with Gasteiger partial charge in [0, 0.05) is 26.6 Å². The van der Waals surface area contributed by atoms with Crippen LogP contribution in [0.5, 0.6) is 0 Å². The van der Waals surface area contributed by atoms with Crippen molar-refractivity contribution in [3.05, 3.63) is 70.9 Å². The quantitative estimate of drug-likeness (QED) is 0.626. The van der Waals surface area contributed by atoms with Gasteiger partial charge in [-0.15, -0.1) is 11.3 Å². The number of thiophene rings is 1. The van der Waals surface area contributed by atoms with Crippen molar-refractivity contribution >= 4 is 27.2 Å². The van der Waals surface area contributed by atoms with Gasteiger partial charge in [-0.3, -0.25) is 4.79 Å². The third-order valence-corrected chi connectivity index (χ3v) is 3.80. The SMILES string of the molecule is O=C(c1ccc(F)cc1)c1csc2ccccc12. The van der Waals surface area contributed by atoms with Gasteiger partial charge in [0.25, 0.3) is 0 Å². The highest BCUT2D eigenvalue weighted by Gasteiger charge is 2.13. The average Bonchev–Trinajstić information content (AvgIpc) is 2.82. The molecule has 18 heavy (non-hydrogen) atoms. The van der Waals surface area contributed by atoms with Gasteiger partial charge in [0.15, 0.2) is 5.78 Å². The van der Waals surface area contributed by atoms with Gasteiger partial charge in [-0.25, -0.2) is 4.39 Å². The summed E-state index contributed by atoms with van der Waals surface area (Å²) in [7, 11) is 0. The predicted octanol–water partition coefficient (Wildman–Crippen LogP) is 4.27. The number of halogens is 1. The minimum atomic E-state index is -0.332. The first kappa shape index (κ1) is 11.1. The molecule has 3 heteroatoms. The normalized spacial score (nSPS) is 10.7. The largest absolute Gasteiger partial charge is 0.289 e. The molecule has 1 heterocycles. The van der Waals surface area contributed by atoms with Crippen molar-refractivity contribution in [1.29, 1.82) is 0 Å². The molecule has 0 saturated heterocycles. The van der Waals surface area contributed by atoms with E-state index in [2.05, 4.69) is 0 Å². The van der Waals surface area contributed by atoms with E-state index < -0.39 is 0 Å². The summed E-state index contributed by atoms with van der Waals surface area (Å²) in [6.07, 6.45) is 0. The Morgan fingerprint density at radius 3 is 2.50 bits per heavy atom. The van der Waals surface area contributed by atoms with Crippen molar-refractivity contribution in [2.24, 2.45) is 0 Å². The van der Waals surface area contributed by atoms with E-state index in [4.69, 9.17) is 0 Å². The molecule has 88 valence electrons. The van der Waals surface area contributed by atoms with E-state index in [1.165, 1.54) is 24.3 Å². The predicted molar refractivity (Wildman–Crippen MR) is 71.7 cm³/mol. The van der Waals surface area contributed by atoms with Gasteiger partial charge >= 0.3 is 0 Å². The minimum absolute atomic E-state index is 0.0625. The fourth-order valence-electron chi connectivity index (χ4n) is 1.91. The summed E-state index contributed by atoms with van der Waals surface area (Å²) < 4.78 is 13.9. The molecule has 0 spiro atoms. The van der Waals surface area contributed by atoms with Gasteiger partial charge < -0.3 is 0 Å². The Hall–Kier alpha value is -2.00. The van der Waals surface area contributed by atoms with Crippen molar-refractivity contribution in [2.45, 2.75) is 0 Å². The molecule has 0 aliphatic heterocycles. The van der Waals surface area contributed by atoms with Gasteiger partial charge in [-0.2, -0.15) is 0 Å². The molecular weight excluding hydrogens is 247 g/mol. The van der Waals surface area contributed by atoms with E-state index in [-0.39, 0.29) is 11.6 Å². The number of rotatable bonds is 2. The van der Waals surface area contributed by atoms with Crippen LogP contribution in [0.3, 0.4) is 0 Å². The zero-order chi connectivity index (χ0) is 12.5. The Kier molecular flexibility index (Phi) is 2.68. The third kappa shape index (κ3) is 1.83. The first-order valence-corrected chi connectivity index (χ1v) is 6.40. The second-order valence-corrected chi connectivity index (χ2v) is 4.89. The zero-order valence-corrected chi connectivity index (χ0v) is 10.2. The third-order valence-electron chi connectivity index (χ3n) is 2.83. The van der Waals surface area contributed by atoms with E-state index in [9.17, 15) is 9.18 Å². The summed E-state index contributed by atoms with van der Waals surface area (Å²) in [6, 6.07) is 13.4. The molecule has 0 atom stereocenters. The van der Waals surface area contributed by atoms with Crippen LogP contribution < -0.4 is 0 Å². The topological polar surface area (TPSA) is 17.1 Å². The highest BCUT2D eigenvalue weighted by molar-refractivity contribution is 7.17. The summed E-state index contributed by atoms with van der Waals surface area (Å²) in [4.78, 5) is 12.3. The van der Waals surface area contributed by atoms with Crippen LogP contribution in [0.1, 0.15) is 15.9 Å².